The van der Waals surface area contributed by atoms with Gasteiger partial charge >= 0.3 is 12.1 Å². The van der Waals surface area contributed by atoms with Gasteiger partial charge in [-0.1, -0.05) is 11.2 Å². The van der Waals surface area contributed by atoms with E-state index in [9.17, 15) is 27.9 Å². The molecule has 3 rings (SSSR count). The molecule has 1 aromatic carbocycles. The lowest BCUT2D eigenvalue weighted by Gasteiger charge is -2.08. The lowest BCUT2D eigenvalue weighted by Crippen LogP contribution is -2.15. The number of carboxylic acid groups (broad SMARTS) is 1. The summed E-state index contributed by atoms with van der Waals surface area (Å²) in [6.07, 6.45) is -1.80. The Morgan fingerprint density at radius 1 is 1.15 bits per heavy atom. The molecule has 0 radical (unpaired) electrons. The van der Waals surface area contributed by atoms with E-state index in [-0.39, 0.29) is 11.3 Å². The number of hydrogen-bond acceptors (Lipinski definition) is 5. The Balaban J connectivity index is 1.94. The van der Waals surface area contributed by atoms with Crippen LogP contribution in [-0.4, -0.2) is 27.1 Å². The van der Waals surface area contributed by atoms with Gasteiger partial charge in [-0.05, 0) is 30.3 Å². The molecule has 10 heteroatoms. The van der Waals surface area contributed by atoms with Crippen molar-refractivity contribution in [2.75, 3.05) is 5.32 Å². The first-order valence-corrected chi connectivity index (χ1v) is 7.39. The quantitative estimate of drug-likeness (QED) is 0.718. The summed E-state index contributed by atoms with van der Waals surface area (Å²) < 4.78 is 43.2. The maximum atomic E-state index is 12.8. The van der Waals surface area contributed by atoms with E-state index in [4.69, 9.17) is 4.52 Å². The number of amides is 1. The Labute approximate surface area is 149 Å². The van der Waals surface area contributed by atoms with Crippen molar-refractivity contribution < 1.29 is 32.4 Å². The Bertz CT molecular complexity index is 1000. The highest BCUT2D eigenvalue weighted by molar-refractivity contribution is 6.08. The van der Waals surface area contributed by atoms with Crippen LogP contribution in [0.1, 0.15) is 26.3 Å². The highest BCUT2D eigenvalue weighted by Gasteiger charge is 2.31. The van der Waals surface area contributed by atoms with E-state index in [2.05, 4.69) is 15.5 Å². The zero-order valence-corrected chi connectivity index (χ0v) is 13.3. The maximum absolute atomic E-state index is 12.8. The Morgan fingerprint density at radius 3 is 2.56 bits per heavy atom. The molecule has 138 valence electrons. The number of benzene rings is 1. The van der Waals surface area contributed by atoms with Crippen LogP contribution in [0, 0.1) is 0 Å². The molecular formula is C17H10F3N3O4. The average Bonchev–Trinajstić information content (AvgIpc) is 3.05. The molecule has 0 unspecified atom stereocenters. The third kappa shape index (κ3) is 3.78. The number of alkyl halides is 3. The number of carbonyl (C=O) groups is 2. The predicted molar refractivity (Wildman–Crippen MR) is 86.1 cm³/mol. The lowest BCUT2D eigenvalue weighted by molar-refractivity contribution is -0.137. The van der Waals surface area contributed by atoms with Gasteiger partial charge in [0.25, 0.3) is 5.91 Å². The normalized spacial score (nSPS) is 11.2. The first-order valence-electron chi connectivity index (χ1n) is 7.39. The van der Waals surface area contributed by atoms with Gasteiger partial charge in [-0.3, -0.25) is 15.1 Å². The summed E-state index contributed by atoms with van der Waals surface area (Å²) >= 11 is 0. The van der Waals surface area contributed by atoms with E-state index in [1.54, 1.807) is 6.07 Å². The van der Waals surface area contributed by atoms with E-state index >= 15 is 0 Å². The SMILES string of the molecule is O=C(Nc1onc(-c2cccnc2)c1C(=O)O)c1cccc(C(F)(F)F)c1. The van der Waals surface area contributed by atoms with Gasteiger partial charge in [0.05, 0.1) is 5.56 Å². The van der Waals surface area contributed by atoms with E-state index < -0.39 is 35.1 Å². The standard InChI is InChI=1S/C17H10F3N3O4/c18-17(19,20)11-5-1-3-9(7-11)14(24)22-15-12(16(25)26)13(23-27-15)10-4-2-6-21-8-10/h1-8H,(H,22,24)(H,25,26). The number of rotatable bonds is 4. The van der Waals surface area contributed by atoms with E-state index in [0.29, 0.717) is 11.6 Å². The minimum absolute atomic E-state index is 0.0741. The van der Waals surface area contributed by atoms with Gasteiger partial charge in [-0.2, -0.15) is 13.2 Å². The van der Waals surface area contributed by atoms with Crippen molar-refractivity contribution in [1.82, 2.24) is 10.1 Å². The number of aromatic carboxylic acids is 1. The van der Waals surface area contributed by atoms with Crippen LogP contribution in [0.15, 0.2) is 53.3 Å². The number of halogens is 3. The number of anilines is 1. The smallest absolute Gasteiger partial charge is 0.416 e. The van der Waals surface area contributed by atoms with Gasteiger partial charge in [-0.25, -0.2) is 4.79 Å². The summed E-state index contributed by atoms with van der Waals surface area (Å²) in [6.45, 7) is 0. The second kappa shape index (κ2) is 6.90. The minimum Gasteiger partial charge on any atom is -0.477 e. The fraction of sp³-hybridized carbons (Fsp3) is 0.0588. The first kappa shape index (κ1) is 18.1. The van der Waals surface area contributed by atoms with Gasteiger partial charge < -0.3 is 9.63 Å². The van der Waals surface area contributed by atoms with Gasteiger partial charge in [-0.15, -0.1) is 0 Å². The predicted octanol–water partition coefficient (Wildman–Crippen LogP) is 3.71. The summed E-state index contributed by atoms with van der Waals surface area (Å²) in [5.41, 5.74) is -1.51. The summed E-state index contributed by atoms with van der Waals surface area (Å²) in [5, 5.41) is 15.2. The lowest BCUT2D eigenvalue weighted by atomic mass is 10.1. The third-order valence-corrected chi connectivity index (χ3v) is 3.52. The van der Waals surface area contributed by atoms with Crippen molar-refractivity contribution in [3.05, 3.63) is 65.5 Å². The molecule has 0 aliphatic rings. The number of pyridine rings is 1. The van der Waals surface area contributed by atoms with Crippen molar-refractivity contribution in [1.29, 1.82) is 0 Å². The van der Waals surface area contributed by atoms with Crippen LogP contribution >= 0.6 is 0 Å². The number of carbonyl (C=O) groups excluding carboxylic acids is 1. The molecule has 0 atom stereocenters. The third-order valence-electron chi connectivity index (χ3n) is 3.52. The molecule has 0 aliphatic carbocycles. The highest BCUT2D eigenvalue weighted by atomic mass is 19.4. The van der Waals surface area contributed by atoms with Crippen LogP contribution in [0.3, 0.4) is 0 Å². The molecule has 0 fully saturated rings. The van der Waals surface area contributed by atoms with Crippen LogP contribution in [0.25, 0.3) is 11.3 Å². The van der Waals surface area contributed by atoms with Gasteiger partial charge in [0.1, 0.15) is 5.69 Å². The number of nitrogens with zero attached hydrogens (tertiary/aromatic N) is 2. The average molecular weight is 377 g/mol. The molecule has 27 heavy (non-hydrogen) atoms. The topological polar surface area (TPSA) is 105 Å². The summed E-state index contributed by atoms with van der Waals surface area (Å²) in [4.78, 5) is 27.6. The molecule has 7 nitrogen and oxygen atoms in total. The Hall–Kier alpha value is -3.69. The second-order valence-electron chi connectivity index (χ2n) is 5.31. The largest absolute Gasteiger partial charge is 0.477 e. The van der Waals surface area contributed by atoms with E-state index in [1.807, 2.05) is 0 Å². The number of nitrogens with one attached hydrogen (secondary N) is 1. The molecule has 1 amide bonds. The first-order chi connectivity index (χ1) is 12.8. The van der Waals surface area contributed by atoms with Crippen LogP contribution in [0.4, 0.5) is 19.1 Å². The van der Waals surface area contributed by atoms with Gasteiger partial charge in [0, 0.05) is 23.5 Å². The van der Waals surface area contributed by atoms with E-state index in [0.717, 1.165) is 18.2 Å². The molecule has 0 spiro atoms. The summed E-state index contributed by atoms with van der Waals surface area (Å²) in [7, 11) is 0. The monoisotopic (exact) mass is 377 g/mol. The number of aromatic nitrogens is 2. The van der Waals surface area contributed by atoms with Crippen LogP contribution in [-0.2, 0) is 6.18 Å². The Kier molecular flexibility index (Phi) is 4.63. The molecule has 2 heterocycles. The maximum Gasteiger partial charge on any atom is 0.416 e. The molecule has 2 N–H and O–H groups in total. The van der Waals surface area contributed by atoms with Gasteiger partial charge in [0.15, 0.2) is 5.56 Å². The fourth-order valence-corrected chi connectivity index (χ4v) is 2.29. The summed E-state index contributed by atoms with van der Waals surface area (Å²) in [5.74, 6) is -2.91. The molecule has 0 bridgehead atoms. The Morgan fingerprint density at radius 2 is 1.93 bits per heavy atom. The summed E-state index contributed by atoms with van der Waals surface area (Å²) in [6, 6.07) is 6.77. The van der Waals surface area contributed by atoms with Crippen LogP contribution < -0.4 is 5.32 Å². The van der Waals surface area contributed by atoms with Crippen molar-refractivity contribution in [3.8, 4) is 11.3 Å². The molecule has 0 aliphatic heterocycles. The fourth-order valence-electron chi connectivity index (χ4n) is 2.29. The molecule has 3 aromatic rings. The van der Waals surface area contributed by atoms with Crippen molar-refractivity contribution >= 4 is 17.8 Å². The molecule has 2 aromatic heterocycles. The van der Waals surface area contributed by atoms with E-state index in [1.165, 1.54) is 18.5 Å². The molecule has 0 saturated carbocycles. The highest BCUT2D eigenvalue weighted by Crippen LogP contribution is 2.31. The second-order valence-corrected chi connectivity index (χ2v) is 5.31. The van der Waals surface area contributed by atoms with Crippen LogP contribution in [0.5, 0.6) is 0 Å². The minimum atomic E-state index is -4.62. The zero-order chi connectivity index (χ0) is 19.6. The zero-order valence-electron chi connectivity index (χ0n) is 13.3. The molecular weight excluding hydrogens is 367 g/mol. The van der Waals surface area contributed by atoms with Gasteiger partial charge in [0.2, 0.25) is 5.88 Å². The van der Waals surface area contributed by atoms with Crippen molar-refractivity contribution in [3.63, 3.8) is 0 Å². The number of hydrogen-bond donors (Lipinski definition) is 2. The van der Waals surface area contributed by atoms with Crippen molar-refractivity contribution in [2.24, 2.45) is 0 Å². The van der Waals surface area contributed by atoms with Crippen LogP contribution in [0.2, 0.25) is 0 Å². The molecule has 0 saturated heterocycles. The van der Waals surface area contributed by atoms with Crippen molar-refractivity contribution in [2.45, 2.75) is 6.18 Å². The number of carboxylic acids is 1.